The molecule has 0 aliphatic carbocycles. The summed E-state index contributed by atoms with van der Waals surface area (Å²) in [5.74, 6) is 0.00210. The van der Waals surface area contributed by atoms with Crippen LogP contribution in [0.4, 0.5) is 0 Å². The van der Waals surface area contributed by atoms with Gasteiger partial charge in [-0.15, -0.1) is 11.8 Å². The van der Waals surface area contributed by atoms with Crippen LogP contribution in [0.15, 0.2) is 29.2 Å². The number of amides is 2. The molecule has 0 fully saturated rings. The Kier molecular flexibility index (Phi) is 6.88. The highest BCUT2D eigenvalue weighted by molar-refractivity contribution is 8.00. The second-order valence-corrected chi connectivity index (χ2v) is 6.12. The van der Waals surface area contributed by atoms with Crippen LogP contribution in [0.3, 0.4) is 0 Å². The molecule has 0 heterocycles. The lowest BCUT2D eigenvalue weighted by Crippen LogP contribution is -2.41. The van der Waals surface area contributed by atoms with Crippen LogP contribution in [-0.2, 0) is 9.59 Å². The number of carbonyl (C=O) groups excluding carboxylic acids is 2. The summed E-state index contributed by atoms with van der Waals surface area (Å²) in [5.41, 5.74) is 0. The summed E-state index contributed by atoms with van der Waals surface area (Å²) in [6.07, 6.45) is 0. The van der Waals surface area contributed by atoms with Gasteiger partial charge in [0.25, 0.3) is 0 Å². The molecule has 0 aliphatic heterocycles. The number of nitrogens with zero attached hydrogens (tertiary/aromatic N) is 1. The second kappa shape index (κ2) is 8.17. The number of likely N-dealkylation sites (N-methyl/N-ethyl adjacent to an activating group) is 1. The lowest BCUT2D eigenvalue weighted by Gasteiger charge is -2.17. The van der Waals surface area contributed by atoms with Crippen molar-refractivity contribution in [3.63, 3.8) is 0 Å². The van der Waals surface area contributed by atoms with Crippen LogP contribution in [0.5, 0.6) is 0 Å². The zero-order valence-electron chi connectivity index (χ0n) is 11.9. The Hall–Kier alpha value is -1.20. The van der Waals surface area contributed by atoms with E-state index < -0.39 is 0 Å². The van der Waals surface area contributed by atoms with E-state index in [-0.39, 0.29) is 30.2 Å². The standard InChI is InChI=1S/C14H19ClN2O2S/c1-10(2)16-13(18)8-17(3)14(19)9-20-12-7-5-4-6-11(12)15/h4-7,10H,8-9H2,1-3H3,(H,16,18). The quantitative estimate of drug-likeness (QED) is 0.820. The van der Waals surface area contributed by atoms with Crippen molar-refractivity contribution in [3.8, 4) is 0 Å². The Balaban J connectivity index is 2.42. The number of hydrogen-bond donors (Lipinski definition) is 1. The summed E-state index contributed by atoms with van der Waals surface area (Å²) >= 11 is 7.39. The van der Waals surface area contributed by atoms with E-state index in [1.165, 1.54) is 16.7 Å². The minimum atomic E-state index is -0.154. The predicted octanol–water partition coefficient (Wildman–Crippen LogP) is 2.42. The topological polar surface area (TPSA) is 49.4 Å². The number of hydrogen-bond acceptors (Lipinski definition) is 3. The van der Waals surface area contributed by atoms with Gasteiger partial charge in [-0.2, -0.15) is 0 Å². The Morgan fingerprint density at radius 2 is 2.00 bits per heavy atom. The molecule has 0 radical (unpaired) electrons. The number of nitrogens with one attached hydrogen (secondary N) is 1. The van der Waals surface area contributed by atoms with Gasteiger partial charge in [-0.05, 0) is 26.0 Å². The van der Waals surface area contributed by atoms with E-state index in [1.54, 1.807) is 13.1 Å². The summed E-state index contributed by atoms with van der Waals surface area (Å²) in [4.78, 5) is 25.8. The van der Waals surface area contributed by atoms with E-state index >= 15 is 0 Å². The average Bonchev–Trinajstić information content (AvgIpc) is 2.36. The van der Waals surface area contributed by atoms with Crippen LogP contribution >= 0.6 is 23.4 Å². The smallest absolute Gasteiger partial charge is 0.239 e. The molecule has 2 amide bonds. The number of thioether (sulfide) groups is 1. The van der Waals surface area contributed by atoms with Gasteiger partial charge in [0.1, 0.15) is 0 Å². The van der Waals surface area contributed by atoms with Gasteiger partial charge in [-0.3, -0.25) is 9.59 Å². The summed E-state index contributed by atoms with van der Waals surface area (Å²) in [6, 6.07) is 7.44. The van der Waals surface area contributed by atoms with Gasteiger partial charge in [0.05, 0.1) is 17.3 Å². The fourth-order valence-corrected chi connectivity index (χ4v) is 2.66. The van der Waals surface area contributed by atoms with E-state index in [9.17, 15) is 9.59 Å². The van der Waals surface area contributed by atoms with Crippen molar-refractivity contribution in [1.29, 1.82) is 0 Å². The molecule has 1 N–H and O–H groups in total. The minimum Gasteiger partial charge on any atom is -0.352 e. The first-order valence-electron chi connectivity index (χ1n) is 6.30. The third kappa shape index (κ3) is 5.84. The zero-order valence-corrected chi connectivity index (χ0v) is 13.4. The lowest BCUT2D eigenvalue weighted by molar-refractivity contribution is -0.132. The van der Waals surface area contributed by atoms with Crippen molar-refractivity contribution in [3.05, 3.63) is 29.3 Å². The van der Waals surface area contributed by atoms with Crippen molar-refractivity contribution in [1.82, 2.24) is 10.2 Å². The van der Waals surface area contributed by atoms with Crippen LogP contribution in [0.1, 0.15) is 13.8 Å². The molecule has 1 rings (SSSR count). The van der Waals surface area contributed by atoms with E-state index in [4.69, 9.17) is 11.6 Å². The van der Waals surface area contributed by atoms with E-state index in [0.717, 1.165) is 4.90 Å². The fourth-order valence-electron chi connectivity index (χ4n) is 1.48. The highest BCUT2D eigenvalue weighted by Gasteiger charge is 2.14. The van der Waals surface area contributed by atoms with Gasteiger partial charge in [-0.25, -0.2) is 0 Å². The highest BCUT2D eigenvalue weighted by Crippen LogP contribution is 2.26. The van der Waals surface area contributed by atoms with Crippen LogP contribution in [0, 0.1) is 0 Å². The molecule has 6 heteroatoms. The molecular formula is C14H19ClN2O2S. The van der Waals surface area contributed by atoms with Gasteiger partial charge in [0.15, 0.2) is 0 Å². The zero-order chi connectivity index (χ0) is 15.1. The molecule has 4 nitrogen and oxygen atoms in total. The molecule has 0 spiro atoms. The molecule has 0 bridgehead atoms. The maximum atomic E-state index is 11.9. The predicted molar refractivity (Wildman–Crippen MR) is 83.1 cm³/mol. The molecule has 0 unspecified atom stereocenters. The summed E-state index contributed by atoms with van der Waals surface area (Å²) in [7, 11) is 1.62. The van der Waals surface area contributed by atoms with Crippen molar-refractivity contribution in [2.45, 2.75) is 24.8 Å². The first-order chi connectivity index (χ1) is 9.40. The van der Waals surface area contributed by atoms with Crippen molar-refractivity contribution < 1.29 is 9.59 Å². The van der Waals surface area contributed by atoms with E-state index in [0.29, 0.717) is 5.02 Å². The van der Waals surface area contributed by atoms with E-state index in [1.807, 2.05) is 32.0 Å². The maximum absolute atomic E-state index is 11.9. The Morgan fingerprint density at radius 3 is 2.60 bits per heavy atom. The number of halogens is 1. The van der Waals surface area contributed by atoms with Crippen molar-refractivity contribution in [2.75, 3.05) is 19.3 Å². The molecule has 1 aromatic rings. The largest absolute Gasteiger partial charge is 0.352 e. The third-order valence-corrected chi connectivity index (χ3v) is 3.94. The molecule has 0 saturated carbocycles. The van der Waals surface area contributed by atoms with Crippen molar-refractivity contribution >= 4 is 35.2 Å². The molecule has 0 saturated heterocycles. The summed E-state index contributed by atoms with van der Waals surface area (Å²) in [5, 5.41) is 3.38. The average molecular weight is 315 g/mol. The van der Waals surface area contributed by atoms with E-state index in [2.05, 4.69) is 5.32 Å². The molecule has 0 aromatic heterocycles. The number of carbonyl (C=O) groups is 2. The van der Waals surface area contributed by atoms with Gasteiger partial charge < -0.3 is 10.2 Å². The molecule has 0 atom stereocenters. The van der Waals surface area contributed by atoms with Crippen LogP contribution in [0.25, 0.3) is 0 Å². The lowest BCUT2D eigenvalue weighted by atomic mass is 10.4. The van der Waals surface area contributed by atoms with Gasteiger partial charge in [-0.1, -0.05) is 23.7 Å². The van der Waals surface area contributed by atoms with Gasteiger partial charge in [0, 0.05) is 18.0 Å². The normalized spacial score (nSPS) is 10.4. The fraction of sp³-hybridized carbons (Fsp3) is 0.429. The van der Waals surface area contributed by atoms with Gasteiger partial charge >= 0.3 is 0 Å². The van der Waals surface area contributed by atoms with Crippen LogP contribution in [0.2, 0.25) is 5.02 Å². The highest BCUT2D eigenvalue weighted by atomic mass is 35.5. The summed E-state index contributed by atoms with van der Waals surface area (Å²) < 4.78 is 0. The molecule has 110 valence electrons. The molecule has 0 aliphatic rings. The monoisotopic (exact) mass is 314 g/mol. The first-order valence-corrected chi connectivity index (χ1v) is 7.67. The van der Waals surface area contributed by atoms with Crippen molar-refractivity contribution in [2.24, 2.45) is 0 Å². The molecule has 1 aromatic carbocycles. The number of rotatable bonds is 6. The Morgan fingerprint density at radius 1 is 1.35 bits per heavy atom. The number of benzene rings is 1. The SMILES string of the molecule is CC(C)NC(=O)CN(C)C(=O)CSc1ccccc1Cl. The van der Waals surface area contributed by atoms with Gasteiger partial charge in [0.2, 0.25) is 11.8 Å². The summed E-state index contributed by atoms with van der Waals surface area (Å²) in [6.45, 7) is 3.83. The van der Waals surface area contributed by atoms with Crippen LogP contribution < -0.4 is 5.32 Å². The molecular weight excluding hydrogens is 296 g/mol. The Bertz CT molecular complexity index is 480. The first kappa shape index (κ1) is 16.9. The minimum absolute atomic E-state index is 0.0695. The Labute approximate surface area is 128 Å². The second-order valence-electron chi connectivity index (χ2n) is 4.69. The third-order valence-electron chi connectivity index (χ3n) is 2.44. The maximum Gasteiger partial charge on any atom is 0.239 e. The molecule has 20 heavy (non-hydrogen) atoms. The van der Waals surface area contributed by atoms with Crippen LogP contribution in [-0.4, -0.2) is 42.1 Å².